The Kier molecular flexibility index (Phi) is 2.98. The molecule has 0 fully saturated rings. The van der Waals surface area contributed by atoms with E-state index in [-0.39, 0.29) is 0 Å². The van der Waals surface area contributed by atoms with Crippen LogP contribution in [-0.2, 0) is 0 Å². The van der Waals surface area contributed by atoms with Gasteiger partial charge in [-0.2, -0.15) is 0 Å². The molecule has 0 radical (unpaired) electrons. The van der Waals surface area contributed by atoms with Gasteiger partial charge >= 0.3 is 0 Å². The Labute approximate surface area is 69.1 Å². The molecule has 0 spiro atoms. The fourth-order valence-corrected chi connectivity index (χ4v) is 1.97. The van der Waals surface area contributed by atoms with Crippen LogP contribution in [0.25, 0.3) is 0 Å². The largest absolute Gasteiger partial charge is 0.513 e. The summed E-state index contributed by atoms with van der Waals surface area (Å²) in [5, 5.41) is 9.29. The van der Waals surface area contributed by atoms with E-state index in [1.54, 1.807) is 0 Å². The van der Waals surface area contributed by atoms with E-state index < -0.39 is 0 Å². The van der Waals surface area contributed by atoms with Gasteiger partial charge < -0.3 is 5.11 Å². The molecule has 0 amide bonds. The standard InChI is InChI=1S/C10H18O/c1-3-8-5-6-10(11)7-9(8)4-2/h7-9,11H,3-6H2,1-2H3. The van der Waals surface area contributed by atoms with Crippen LogP contribution < -0.4 is 0 Å². The molecule has 1 N–H and O–H groups in total. The van der Waals surface area contributed by atoms with Crippen molar-refractivity contribution in [2.24, 2.45) is 11.8 Å². The Balaban J connectivity index is 2.59. The number of rotatable bonds is 2. The minimum atomic E-state index is 0.613. The normalized spacial score (nSPS) is 31.6. The van der Waals surface area contributed by atoms with Gasteiger partial charge in [0.05, 0.1) is 5.76 Å². The lowest BCUT2D eigenvalue weighted by Gasteiger charge is -2.26. The van der Waals surface area contributed by atoms with Crippen molar-refractivity contribution in [3.05, 3.63) is 11.8 Å². The van der Waals surface area contributed by atoms with Crippen molar-refractivity contribution >= 4 is 0 Å². The summed E-state index contributed by atoms with van der Waals surface area (Å²) in [5.74, 6) is 2.06. The van der Waals surface area contributed by atoms with Crippen molar-refractivity contribution in [2.75, 3.05) is 0 Å². The highest BCUT2D eigenvalue weighted by Crippen LogP contribution is 2.31. The predicted octanol–water partition coefficient (Wildman–Crippen LogP) is 3.27. The Morgan fingerprint density at radius 2 is 2.18 bits per heavy atom. The Morgan fingerprint density at radius 3 is 2.73 bits per heavy atom. The van der Waals surface area contributed by atoms with Gasteiger partial charge in [-0.05, 0) is 30.8 Å². The summed E-state index contributed by atoms with van der Waals surface area (Å²) in [4.78, 5) is 0. The fraction of sp³-hybridized carbons (Fsp3) is 0.800. The maximum atomic E-state index is 9.29. The monoisotopic (exact) mass is 154 g/mol. The molecular weight excluding hydrogens is 136 g/mol. The Morgan fingerprint density at radius 1 is 1.45 bits per heavy atom. The van der Waals surface area contributed by atoms with Gasteiger partial charge in [0.25, 0.3) is 0 Å². The zero-order valence-corrected chi connectivity index (χ0v) is 7.51. The summed E-state index contributed by atoms with van der Waals surface area (Å²) >= 11 is 0. The predicted molar refractivity (Wildman–Crippen MR) is 47.5 cm³/mol. The van der Waals surface area contributed by atoms with Crippen LogP contribution in [0, 0.1) is 11.8 Å². The summed E-state index contributed by atoms with van der Waals surface area (Å²) < 4.78 is 0. The maximum absolute atomic E-state index is 9.29. The topological polar surface area (TPSA) is 20.2 Å². The third-order valence-electron chi connectivity index (χ3n) is 2.78. The molecule has 2 unspecified atom stereocenters. The number of aliphatic hydroxyl groups excluding tert-OH is 1. The van der Waals surface area contributed by atoms with Gasteiger partial charge in [0, 0.05) is 6.42 Å². The van der Waals surface area contributed by atoms with Crippen LogP contribution in [0.15, 0.2) is 11.8 Å². The van der Waals surface area contributed by atoms with Crippen molar-refractivity contribution < 1.29 is 5.11 Å². The second kappa shape index (κ2) is 3.80. The van der Waals surface area contributed by atoms with Crippen LogP contribution in [0.1, 0.15) is 39.5 Å². The molecule has 0 aromatic rings. The van der Waals surface area contributed by atoms with Crippen molar-refractivity contribution in [1.29, 1.82) is 0 Å². The van der Waals surface area contributed by atoms with Crippen LogP contribution in [0.3, 0.4) is 0 Å². The van der Waals surface area contributed by atoms with Crippen molar-refractivity contribution in [1.82, 2.24) is 0 Å². The third-order valence-corrected chi connectivity index (χ3v) is 2.78. The average molecular weight is 154 g/mol. The molecule has 0 aliphatic heterocycles. The van der Waals surface area contributed by atoms with Crippen LogP contribution in [0.2, 0.25) is 0 Å². The smallest absolute Gasteiger partial charge is 0.0885 e. The molecular formula is C10H18O. The molecule has 0 aromatic carbocycles. The molecule has 0 saturated heterocycles. The second-order valence-electron chi connectivity index (χ2n) is 3.44. The fourth-order valence-electron chi connectivity index (χ4n) is 1.97. The SMILES string of the molecule is CCC1C=C(O)CCC1CC. The summed E-state index contributed by atoms with van der Waals surface area (Å²) in [6, 6.07) is 0. The molecule has 2 atom stereocenters. The minimum absolute atomic E-state index is 0.613. The van der Waals surface area contributed by atoms with Crippen LogP contribution >= 0.6 is 0 Å². The lowest BCUT2D eigenvalue weighted by atomic mass is 9.80. The summed E-state index contributed by atoms with van der Waals surface area (Å²) in [6.07, 6.45) is 6.55. The first-order valence-corrected chi connectivity index (χ1v) is 4.67. The Hall–Kier alpha value is -0.460. The molecule has 1 nitrogen and oxygen atoms in total. The van der Waals surface area contributed by atoms with Crippen molar-refractivity contribution in [3.8, 4) is 0 Å². The first-order chi connectivity index (χ1) is 5.27. The maximum Gasteiger partial charge on any atom is 0.0885 e. The second-order valence-corrected chi connectivity index (χ2v) is 3.44. The summed E-state index contributed by atoms with van der Waals surface area (Å²) in [7, 11) is 0. The number of hydrogen-bond acceptors (Lipinski definition) is 1. The Bertz CT molecular complexity index is 149. The molecule has 1 heteroatoms. The molecule has 11 heavy (non-hydrogen) atoms. The van der Waals surface area contributed by atoms with Crippen LogP contribution in [0.5, 0.6) is 0 Å². The van der Waals surface area contributed by atoms with Gasteiger partial charge in [-0.1, -0.05) is 20.3 Å². The number of aliphatic hydroxyl groups is 1. The van der Waals surface area contributed by atoms with E-state index in [0.717, 1.165) is 12.3 Å². The van der Waals surface area contributed by atoms with Crippen LogP contribution in [-0.4, -0.2) is 5.11 Å². The van der Waals surface area contributed by atoms with Gasteiger partial charge in [-0.15, -0.1) is 0 Å². The molecule has 0 aromatic heterocycles. The molecule has 64 valence electrons. The third kappa shape index (κ3) is 1.98. The average Bonchev–Trinajstić information content (AvgIpc) is 2.04. The minimum Gasteiger partial charge on any atom is -0.513 e. The number of allylic oxidation sites excluding steroid dienone is 2. The highest BCUT2D eigenvalue weighted by Gasteiger charge is 2.21. The summed E-state index contributed by atoms with van der Waals surface area (Å²) in [6.45, 7) is 4.44. The van der Waals surface area contributed by atoms with E-state index >= 15 is 0 Å². The lowest BCUT2D eigenvalue weighted by Crippen LogP contribution is -2.16. The molecule has 1 rings (SSSR count). The van der Waals surface area contributed by atoms with Gasteiger partial charge in [0.15, 0.2) is 0 Å². The van der Waals surface area contributed by atoms with E-state index in [2.05, 4.69) is 19.9 Å². The van der Waals surface area contributed by atoms with E-state index in [1.807, 2.05) is 0 Å². The lowest BCUT2D eigenvalue weighted by molar-refractivity contribution is 0.274. The van der Waals surface area contributed by atoms with E-state index in [9.17, 15) is 5.11 Å². The molecule has 0 saturated carbocycles. The van der Waals surface area contributed by atoms with Gasteiger partial charge in [0.2, 0.25) is 0 Å². The first kappa shape index (κ1) is 8.63. The molecule has 0 bridgehead atoms. The van der Waals surface area contributed by atoms with E-state index in [0.29, 0.717) is 11.7 Å². The number of hydrogen-bond donors (Lipinski definition) is 1. The van der Waals surface area contributed by atoms with Crippen molar-refractivity contribution in [2.45, 2.75) is 39.5 Å². The van der Waals surface area contributed by atoms with Gasteiger partial charge in [-0.25, -0.2) is 0 Å². The zero-order chi connectivity index (χ0) is 8.27. The van der Waals surface area contributed by atoms with Gasteiger partial charge in [0.1, 0.15) is 0 Å². The highest BCUT2D eigenvalue weighted by atomic mass is 16.3. The molecule has 1 aliphatic carbocycles. The highest BCUT2D eigenvalue weighted by molar-refractivity contribution is 5.01. The van der Waals surface area contributed by atoms with Gasteiger partial charge in [-0.3, -0.25) is 0 Å². The molecule has 0 heterocycles. The van der Waals surface area contributed by atoms with E-state index in [4.69, 9.17) is 0 Å². The summed E-state index contributed by atoms with van der Waals surface area (Å²) in [5.41, 5.74) is 0. The molecule has 1 aliphatic rings. The zero-order valence-electron chi connectivity index (χ0n) is 7.51. The van der Waals surface area contributed by atoms with Crippen molar-refractivity contribution in [3.63, 3.8) is 0 Å². The van der Waals surface area contributed by atoms with Crippen LogP contribution in [0.4, 0.5) is 0 Å². The quantitative estimate of drug-likeness (QED) is 0.647. The first-order valence-electron chi connectivity index (χ1n) is 4.67. The van der Waals surface area contributed by atoms with E-state index in [1.165, 1.54) is 19.3 Å².